The van der Waals surface area contributed by atoms with Crippen LogP contribution in [0.15, 0.2) is 15.6 Å². The monoisotopic (exact) mass is 366 g/mol. The third-order valence-corrected chi connectivity index (χ3v) is 6.11. The average Bonchev–Trinajstić information content (AvgIpc) is 3.10. The summed E-state index contributed by atoms with van der Waals surface area (Å²) in [7, 11) is 0. The van der Waals surface area contributed by atoms with Crippen LogP contribution in [0.4, 0.5) is 0 Å². The largest absolute Gasteiger partial charge is 0.359 e. The number of aromatic nitrogens is 1. The van der Waals surface area contributed by atoms with Crippen LogP contribution in [-0.2, 0) is 6.54 Å². The maximum Gasteiger partial charge on any atom is 0.191 e. The number of hydrogen-bond donors (Lipinski definition) is 2. The van der Waals surface area contributed by atoms with Crippen LogP contribution in [0.1, 0.15) is 76.7 Å². The first-order valence-corrected chi connectivity index (χ1v) is 11.0. The molecular weight excluding hydrogens is 332 g/mol. The van der Waals surface area contributed by atoms with Crippen molar-refractivity contribution in [3.63, 3.8) is 0 Å². The molecule has 2 unspecified atom stereocenters. The second-order valence-electron chi connectivity index (χ2n) is 6.79. The maximum atomic E-state index is 5.49. The highest BCUT2D eigenvalue weighted by Crippen LogP contribution is 2.27. The van der Waals surface area contributed by atoms with Gasteiger partial charge in [-0.15, -0.1) is 0 Å². The summed E-state index contributed by atoms with van der Waals surface area (Å²) in [5.41, 5.74) is 1.06. The van der Waals surface area contributed by atoms with Crippen LogP contribution in [0.5, 0.6) is 0 Å². The van der Waals surface area contributed by atoms with Crippen LogP contribution < -0.4 is 10.6 Å². The summed E-state index contributed by atoms with van der Waals surface area (Å²) in [6.07, 6.45) is 9.47. The number of thioether (sulfide) groups is 1. The second-order valence-corrected chi connectivity index (χ2v) is 7.93. The minimum absolute atomic E-state index is 0.485. The molecule has 0 amide bonds. The number of guanidine groups is 1. The predicted molar refractivity (Wildman–Crippen MR) is 107 cm³/mol. The summed E-state index contributed by atoms with van der Waals surface area (Å²) >= 11 is 1.99. The molecule has 2 atom stereocenters. The van der Waals surface area contributed by atoms with Crippen molar-refractivity contribution < 1.29 is 4.52 Å². The minimum Gasteiger partial charge on any atom is -0.359 e. The van der Waals surface area contributed by atoms with Gasteiger partial charge < -0.3 is 15.2 Å². The van der Waals surface area contributed by atoms with E-state index in [0.717, 1.165) is 42.1 Å². The molecule has 1 aromatic heterocycles. The lowest BCUT2D eigenvalue weighted by molar-refractivity contribution is 0.371. The van der Waals surface area contributed by atoms with Crippen LogP contribution in [0.3, 0.4) is 0 Å². The van der Waals surface area contributed by atoms with E-state index in [4.69, 9.17) is 9.52 Å². The zero-order valence-electron chi connectivity index (χ0n) is 16.2. The molecule has 0 bridgehead atoms. The standard InChI is InChI=1S/C19H34N4OS/c1-5-14(6-2)18-12-16(24-23-18)13-21-19(20-7-3)22-15-9-8-10-17(11-15)25-4/h12,14-15,17H,5-11,13H2,1-4H3,(H2,20,21,22). The Morgan fingerprint density at radius 3 is 2.84 bits per heavy atom. The van der Waals surface area contributed by atoms with E-state index in [9.17, 15) is 0 Å². The van der Waals surface area contributed by atoms with E-state index in [0.29, 0.717) is 18.5 Å². The molecule has 25 heavy (non-hydrogen) atoms. The van der Waals surface area contributed by atoms with Gasteiger partial charge in [-0.1, -0.05) is 25.4 Å². The van der Waals surface area contributed by atoms with Gasteiger partial charge in [-0.2, -0.15) is 11.8 Å². The number of hydrogen-bond acceptors (Lipinski definition) is 4. The molecule has 2 N–H and O–H groups in total. The zero-order valence-corrected chi connectivity index (χ0v) is 17.0. The summed E-state index contributed by atoms with van der Waals surface area (Å²) in [5, 5.41) is 12.0. The van der Waals surface area contributed by atoms with E-state index < -0.39 is 0 Å². The molecule has 5 nitrogen and oxygen atoms in total. The van der Waals surface area contributed by atoms with Crippen molar-refractivity contribution in [1.29, 1.82) is 0 Å². The topological polar surface area (TPSA) is 62.5 Å². The van der Waals surface area contributed by atoms with Crippen LogP contribution >= 0.6 is 11.8 Å². The van der Waals surface area contributed by atoms with Crippen molar-refractivity contribution in [2.75, 3.05) is 12.8 Å². The molecular formula is C19H34N4OS. The summed E-state index contributed by atoms with van der Waals surface area (Å²) in [4.78, 5) is 4.71. The summed E-state index contributed by atoms with van der Waals surface area (Å²) < 4.78 is 5.49. The van der Waals surface area contributed by atoms with E-state index in [1.807, 2.05) is 11.8 Å². The first-order chi connectivity index (χ1) is 12.2. The highest BCUT2D eigenvalue weighted by Gasteiger charge is 2.22. The molecule has 142 valence electrons. The molecule has 0 spiro atoms. The van der Waals surface area contributed by atoms with Crippen LogP contribution in [0, 0.1) is 0 Å². The van der Waals surface area contributed by atoms with Crippen molar-refractivity contribution in [1.82, 2.24) is 15.8 Å². The van der Waals surface area contributed by atoms with Crippen molar-refractivity contribution in [2.24, 2.45) is 4.99 Å². The minimum atomic E-state index is 0.485. The smallest absolute Gasteiger partial charge is 0.191 e. The molecule has 1 fully saturated rings. The van der Waals surface area contributed by atoms with E-state index in [1.54, 1.807) is 0 Å². The second kappa shape index (κ2) is 10.7. The van der Waals surface area contributed by atoms with Crippen LogP contribution in [0.2, 0.25) is 0 Å². The van der Waals surface area contributed by atoms with Gasteiger partial charge in [0.15, 0.2) is 11.7 Å². The number of nitrogens with one attached hydrogen (secondary N) is 2. The number of rotatable bonds is 8. The Hall–Kier alpha value is -1.17. The first-order valence-electron chi connectivity index (χ1n) is 9.73. The Morgan fingerprint density at radius 1 is 1.36 bits per heavy atom. The third-order valence-electron chi connectivity index (χ3n) is 5.02. The van der Waals surface area contributed by atoms with Crippen molar-refractivity contribution in [3.8, 4) is 0 Å². The lowest BCUT2D eigenvalue weighted by Gasteiger charge is -2.29. The SMILES string of the molecule is CCNC(=NCc1cc(C(CC)CC)no1)NC1CCCC(SC)C1. The summed E-state index contributed by atoms with van der Waals surface area (Å²) in [6.45, 7) is 7.88. The zero-order chi connectivity index (χ0) is 18.1. The van der Waals surface area contributed by atoms with E-state index in [1.165, 1.54) is 25.7 Å². The molecule has 1 aliphatic carbocycles. The van der Waals surface area contributed by atoms with Gasteiger partial charge in [0, 0.05) is 29.8 Å². The van der Waals surface area contributed by atoms with Gasteiger partial charge in [0.2, 0.25) is 0 Å². The van der Waals surface area contributed by atoms with Crippen LogP contribution in [0.25, 0.3) is 0 Å². The van der Waals surface area contributed by atoms with Crippen molar-refractivity contribution >= 4 is 17.7 Å². The Kier molecular flexibility index (Phi) is 8.65. The molecule has 0 aromatic carbocycles. The molecule has 1 aliphatic rings. The fourth-order valence-electron chi connectivity index (χ4n) is 3.46. The van der Waals surface area contributed by atoms with Gasteiger partial charge in [-0.25, -0.2) is 4.99 Å². The van der Waals surface area contributed by atoms with Gasteiger partial charge in [-0.05, 0) is 45.3 Å². The fraction of sp³-hybridized carbons (Fsp3) is 0.789. The highest BCUT2D eigenvalue weighted by atomic mass is 32.2. The van der Waals surface area contributed by atoms with Gasteiger partial charge in [0.05, 0.1) is 5.69 Å². The molecule has 6 heteroatoms. The maximum absolute atomic E-state index is 5.49. The molecule has 1 heterocycles. The van der Waals surface area contributed by atoms with Gasteiger partial charge in [0.25, 0.3) is 0 Å². The van der Waals surface area contributed by atoms with Gasteiger partial charge in [0.1, 0.15) is 6.54 Å². The lowest BCUT2D eigenvalue weighted by atomic mass is 9.95. The summed E-state index contributed by atoms with van der Waals surface area (Å²) in [5.74, 6) is 2.21. The Morgan fingerprint density at radius 2 is 2.16 bits per heavy atom. The summed E-state index contributed by atoms with van der Waals surface area (Å²) in [6, 6.07) is 2.58. The third kappa shape index (κ3) is 6.24. The molecule has 1 aromatic rings. The van der Waals surface area contributed by atoms with Gasteiger partial charge >= 0.3 is 0 Å². The number of aliphatic imine (C=N–C) groups is 1. The molecule has 2 rings (SSSR count). The van der Waals surface area contributed by atoms with E-state index in [2.05, 4.69) is 48.9 Å². The average molecular weight is 367 g/mol. The predicted octanol–water partition coefficient (Wildman–Crippen LogP) is 4.31. The fourth-order valence-corrected chi connectivity index (χ4v) is 4.29. The number of nitrogens with zero attached hydrogens (tertiary/aromatic N) is 2. The quantitative estimate of drug-likeness (QED) is 0.530. The Labute approximate surface area is 156 Å². The van der Waals surface area contributed by atoms with Crippen molar-refractivity contribution in [2.45, 2.75) is 83.1 Å². The molecule has 0 aliphatic heterocycles. The van der Waals surface area contributed by atoms with Crippen LogP contribution in [-0.4, -0.2) is 35.2 Å². The molecule has 0 saturated heterocycles. The van der Waals surface area contributed by atoms with Crippen molar-refractivity contribution in [3.05, 3.63) is 17.5 Å². The molecule has 1 saturated carbocycles. The molecule has 0 radical (unpaired) electrons. The normalized spacial score (nSPS) is 21.6. The lowest BCUT2D eigenvalue weighted by Crippen LogP contribution is -2.45. The van der Waals surface area contributed by atoms with E-state index >= 15 is 0 Å². The van der Waals surface area contributed by atoms with E-state index in [-0.39, 0.29) is 0 Å². The highest BCUT2D eigenvalue weighted by molar-refractivity contribution is 7.99. The Bertz CT molecular complexity index is 527. The Balaban J connectivity index is 1.95. The first kappa shape index (κ1) is 20.1. The van der Waals surface area contributed by atoms with Gasteiger partial charge in [-0.3, -0.25) is 0 Å².